The van der Waals surface area contributed by atoms with Crippen LogP contribution in [0.15, 0.2) is 0 Å². The lowest BCUT2D eigenvalue weighted by Gasteiger charge is -2.26. The summed E-state index contributed by atoms with van der Waals surface area (Å²) < 4.78 is 5.27. The highest BCUT2D eigenvalue weighted by molar-refractivity contribution is 5.69. The SMILES string of the molecule is CCC(=O)OC1CCCC(C)C1. The van der Waals surface area contributed by atoms with Crippen LogP contribution in [-0.2, 0) is 9.53 Å². The van der Waals surface area contributed by atoms with Gasteiger partial charge in [-0.3, -0.25) is 4.79 Å². The van der Waals surface area contributed by atoms with Crippen LogP contribution in [-0.4, -0.2) is 12.1 Å². The molecule has 0 N–H and O–H groups in total. The third-order valence-corrected chi connectivity index (χ3v) is 2.48. The van der Waals surface area contributed by atoms with Gasteiger partial charge in [-0.15, -0.1) is 0 Å². The molecule has 2 nitrogen and oxygen atoms in total. The van der Waals surface area contributed by atoms with Gasteiger partial charge in [0.1, 0.15) is 6.10 Å². The van der Waals surface area contributed by atoms with E-state index in [1.807, 2.05) is 6.92 Å². The zero-order valence-electron chi connectivity index (χ0n) is 8.01. The molecule has 0 saturated heterocycles. The van der Waals surface area contributed by atoms with Gasteiger partial charge in [0.05, 0.1) is 0 Å². The summed E-state index contributed by atoms with van der Waals surface area (Å²) in [5, 5.41) is 0. The third-order valence-electron chi connectivity index (χ3n) is 2.48. The van der Waals surface area contributed by atoms with Gasteiger partial charge < -0.3 is 4.74 Å². The molecule has 0 bridgehead atoms. The lowest BCUT2D eigenvalue weighted by molar-refractivity contribution is -0.150. The third kappa shape index (κ3) is 2.84. The molecule has 0 aromatic heterocycles. The van der Waals surface area contributed by atoms with Crippen molar-refractivity contribution in [2.24, 2.45) is 5.92 Å². The van der Waals surface area contributed by atoms with Gasteiger partial charge in [-0.25, -0.2) is 0 Å². The summed E-state index contributed by atoms with van der Waals surface area (Å²) in [6, 6.07) is 0. The van der Waals surface area contributed by atoms with Crippen molar-refractivity contribution in [1.29, 1.82) is 0 Å². The molecule has 0 spiro atoms. The van der Waals surface area contributed by atoms with Gasteiger partial charge in [0, 0.05) is 6.42 Å². The fraction of sp³-hybridized carbons (Fsp3) is 0.900. The van der Waals surface area contributed by atoms with Gasteiger partial charge >= 0.3 is 5.97 Å². The molecular weight excluding hydrogens is 152 g/mol. The number of hydrogen-bond acceptors (Lipinski definition) is 2. The summed E-state index contributed by atoms with van der Waals surface area (Å²) in [5.41, 5.74) is 0. The van der Waals surface area contributed by atoms with Gasteiger partial charge in [-0.1, -0.05) is 20.3 Å². The summed E-state index contributed by atoms with van der Waals surface area (Å²) in [4.78, 5) is 11.0. The van der Waals surface area contributed by atoms with E-state index in [4.69, 9.17) is 4.74 Å². The van der Waals surface area contributed by atoms with E-state index in [0.717, 1.165) is 18.8 Å². The molecule has 0 heterocycles. The number of esters is 1. The molecule has 1 aliphatic carbocycles. The van der Waals surface area contributed by atoms with E-state index in [1.54, 1.807) is 0 Å². The van der Waals surface area contributed by atoms with E-state index in [9.17, 15) is 4.79 Å². The standard InChI is InChI=1S/C10H18O2/c1-3-10(11)12-9-6-4-5-8(2)7-9/h8-9H,3-7H2,1-2H3. The Balaban J connectivity index is 2.27. The monoisotopic (exact) mass is 170 g/mol. The van der Waals surface area contributed by atoms with Crippen LogP contribution in [0.3, 0.4) is 0 Å². The van der Waals surface area contributed by atoms with Gasteiger partial charge in [-0.2, -0.15) is 0 Å². The van der Waals surface area contributed by atoms with Crippen molar-refractivity contribution >= 4 is 5.97 Å². The topological polar surface area (TPSA) is 26.3 Å². The highest BCUT2D eigenvalue weighted by Gasteiger charge is 2.21. The van der Waals surface area contributed by atoms with Crippen molar-refractivity contribution in [3.8, 4) is 0 Å². The van der Waals surface area contributed by atoms with Crippen LogP contribution >= 0.6 is 0 Å². The summed E-state index contributed by atoms with van der Waals surface area (Å²) in [7, 11) is 0. The molecule has 0 radical (unpaired) electrons. The molecule has 1 saturated carbocycles. The summed E-state index contributed by atoms with van der Waals surface area (Å²) in [6.07, 6.45) is 5.34. The summed E-state index contributed by atoms with van der Waals surface area (Å²) >= 11 is 0. The van der Waals surface area contributed by atoms with Crippen LogP contribution < -0.4 is 0 Å². The van der Waals surface area contributed by atoms with Crippen LogP contribution in [0.2, 0.25) is 0 Å². The smallest absolute Gasteiger partial charge is 0.305 e. The van der Waals surface area contributed by atoms with Crippen LogP contribution in [0.25, 0.3) is 0 Å². The Morgan fingerprint density at radius 1 is 1.50 bits per heavy atom. The molecule has 2 atom stereocenters. The minimum atomic E-state index is -0.0471. The molecule has 1 aliphatic rings. The largest absolute Gasteiger partial charge is 0.462 e. The molecular formula is C10H18O2. The highest BCUT2D eigenvalue weighted by Crippen LogP contribution is 2.25. The van der Waals surface area contributed by atoms with E-state index in [1.165, 1.54) is 12.8 Å². The molecule has 1 fully saturated rings. The molecule has 0 aliphatic heterocycles. The first kappa shape index (κ1) is 9.56. The Hall–Kier alpha value is -0.530. The van der Waals surface area contributed by atoms with E-state index in [-0.39, 0.29) is 12.1 Å². The number of hydrogen-bond donors (Lipinski definition) is 0. The van der Waals surface area contributed by atoms with E-state index in [0.29, 0.717) is 6.42 Å². The first-order valence-corrected chi connectivity index (χ1v) is 4.91. The predicted molar refractivity (Wildman–Crippen MR) is 47.8 cm³/mol. The Labute approximate surface area is 74.3 Å². The second-order valence-corrected chi connectivity index (χ2v) is 3.74. The van der Waals surface area contributed by atoms with Crippen molar-refractivity contribution in [1.82, 2.24) is 0 Å². The molecule has 0 aromatic rings. The lowest BCUT2D eigenvalue weighted by Crippen LogP contribution is -2.24. The van der Waals surface area contributed by atoms with Crippen molar-refractivity contribution in [2.75, 3.05) is 0 Å². The Morgan fingerprint density at radius 2 is 2.25 bits per heavy atom. The van der Waals surface area contributed by atoms with Gasteiger partial charge in [0.2, 0.25) is 0 Å². The second kappa shape index (κ2) is 4.48. The number of carbonyl (C=O) groups excluding carboxylic acids is 1. The lowest BCUT2D eigenvalue weighted by atomic mass is 9.89. The molecule has 2 heteroatoms. The summed E-state index contributed by atoms with van der Waals surface area (Å²) in [6.45, 7) is 4.07. The fourth-order valence-corrected chi connectivity index (χ4v) is 1.75. The van der Waals surface area contributed by atoms with E-state index >= 15 is 0 Å². The van der Waals surface area contributed by atoms with Crippen LogP contribution in [0.1, 0.15) is 46.0 Å². The Kier molecular flexibility index (Phi) is 3.57. The molecule has 70 valence electrons. The maximum absolute atomic E-state index is 11.0. The maximum Gasteiger partial charge on any atom is 0.305 e. The first-order chi connectivity index (χ1) is 5.72. The Bertz CT molecular complexity index is 154. The number of carbonyl (C=O) groups is 1. The van der Waals surface area contributed by atoms with Gasteiger partial charge in [-0.05, 0) is 25.2 Å². The highest BCUT2D eigenvalue weighted by atomic mass is 16.5. The molecule has 0 aromatic carbocycles. The number of ether oxygens (including phenoxy) is 1. The minimum Gasteiger partial charge on any atom is -0.462 e. The van der Waals surface area contributed by atoms with E-state index in [2.05, 4.69) is 6.92 Å². The summed E-state index contributed by atoms with van der Waals surface area (Å²) in [5.74, 6) is 0.683. The predicted octanol–water partition coefficient (Wildman–Crippen LogP) is 2.52. The first-order valence-electron chi connectivity index (χ1n) is 4.91. The van der Waals surface area contributed by atoms with Gasteiger partial charge in [0.25, 0.3) is 0 Å². The zero-order valence-corrected chi connectivity index (χ0v) is 8.01. The molecule has 2 unspecified atom stereocenters. The normalized spacial score (nSPS) is 29.8. The van der Waals surface area contributed by atoms with E-state index < -0.39 is 0 Å². The zero-order chi connectivity index (χ0) is 8.97. The van der Waals surface area contributed by atoms with Crippen molar-refractivity contribution in [3.63, 3.8) is 0 Å². The number of rotatable bonds is 2. The molecule has 0 amide bonds. The van der Waals surface area contributed by atoms with Crippen molar-refractivity contribution in [3.05, 3.63) is 0 Å². The molecule has 12 heavy (non-hydrogen) atoms. The quantitative estimate of drug-likeness (QED) is 0.595. The Morgan fingerprint density at radius 3 is 2.83 bits per heavy atom. The average Bonchev–Trinajstić information content (AvgIpc) is 2.04. The average molecular weight is 170 g/mol. The second-order valence-electron chi connectivity index (χ2n) is 3.74. The minimum absolute atomic E-state index is 0.0471. The van der Waals surface area contributed by atoms with Crippen LogP contribution in [0, 0.1) is 5.92 Å². The van der Waals surface area contributed by atoms with Crippen LogP contribution in [0.4, 0.5) is 0 Å². The maximum atomic E-state index is 11.0. The van der Waals surface area contributed by atoms with Crippen LogP contribution in [0.5, 0.6) is 0 Å². The fourth-order valence-electron chi connectivity index (χ4n) is 1.75. The van der Waals surface area contributed by atoms with Gasteiger partial charge in [0.15, 0.2) is 0 Å². The van der Waals surface area contributed by atoms with Crippen molar-refractivity contribution in [2.45, 2.75) is 52.1 Å². The van der Waals surface area contributed by atoms with Crippen molar-refractivity contribution < 1.29 is 9.53 Å². The molecule has 1 rings (SSSR count).